The van der Waals surface area contributed by atoms with E-state index in [9.17, 15) is 0 Å². The first-order valence-corrected chi connectivity index (χ1v) is 5.77. The summed E-state index contributed by atoms with van der Waals surface area (Å²) in [5.74, 6) is 0.824. The predicted molar refractivity (Wildman–Crippen MR) is 65.9 cm³/mol. The quantitative estimate of drug-likeness (QED) is 0.864. The number of methoxy groups -OCH3 is 1. The summed E-state index contributed by atoms with van der Waals surface area (Å²) in [5, 5.41) is 0. The molecule has 84 valence electrons. The van der Waals surface area contributed by atoms with Gasteiger partial charge in [0.05, 0.1) is 11.6 Å². The molecular formula is C11H17BrN2O. The largest absolute Gasteiger partial charge is 0.496 e. The van der Waals surface area contributed by atoms with E-state index in [2.05, 4.69) is 15.9 Å². The van der Waals surface area contributed by atoms with Crippen molar-refractivity contribution >= 4 is 15.9 Å². The van der Waals surface area contributed by atoms with Crippen LogP contribution in [0.3, 0.4) is 0 Å². The van der Waals surface area contributed by atoms with E-state index in [4.69, 9.17) is 16.2 Å². The minimum Gasteiger partial charge on any atom is -0.496 e. The lowest BCUT2D eigenvalue weighted by atomic mass is 10.0. The first kappa shape index (κ1) is 12.5. The van der Waals surface area contributed by atoms with E-state index in [0.29, 0.717) is 6.54 Å². The third-order valence-corrected chi connectivity index (χ3v) is 2.94. The molecule has 0 aromatic heterocycles. The van der Waals surface area contributed by atoms with Gasteiger partial charge in [-0.3, -0.25) is 0 Å². The van der Waals surface area contributed by atoms with Crippen LogP contribution in [0.1, 0.15) is 24.4 Å². The number of rotatable bonds is 5. The van der Waals surface area contributed by atoms with Gasteiger partial charge < -0.3 is 16.2 Å². The maximum absolute atomic E-state index is 6.02. The van der Waals surface area contributed by atoms with E-state index in [1.807, 2.05) is 18.2 Å². The molecule has 0 saturated heterocycles. The molecule has 0 aliphatic heterocycles. The first-order valence-electron chi connectivity index (χ1n) is 4.98. The van der Waals surface area contributed by atoms with Crippen molar-refractivity contribution in [3.05, 3.63) is 28.2 Å². The highest BCUT2D eigenvalue weighted by Gasteiger charge is 2.08. The Kier molecular flexibility index (Phi) is 5.08. The molecule has 1 aromatic carbocycles. The van der Waals surface area contributed by atoms with Crippen LogP contribution in [0.5, 0.6) is 5.75 Å². The molecule has 1 rings (SSSR count). The van der Waals surface area contributed by atoms with Crippen molar-refractivity contribution < 1.29 is 4.74 Å². The van der Waals surface area contributed by atoms with E-state index in [-0.39, 0.29) is 6.04 Å². The highest BCUT2D eigenvalue weighted by Crippen LogP contribution is 2.28. The van der Waals surface area contributed by atoms with Crippen molar-refractivity contribution in [3.63, 3.8) is 0 Å². The lowest BCUT2D eigenvalue weighted by Crippen LogP contribution is -2.12. The van der Waals surface area contributed by atoms with Gasteiger partial charge in [-0.2, -0.15) is 0 Å². The number of benzene rings is 1. The lowest BCUT2D eigenvalue weighted by Gasteiger charge is -2.13. The summed E-state index contributed by atoms with van der Waals surface area (Å²) in [7, 11) is 1.65. The Morgan fingerprint density at radius 3 is 2.73 bits per heavy atom. The van der Waals surface area contributed by atoms with Gasteiger partial charge in [-0.25, -0.2) is 0 Å². The van der Waals surface area contributed by atoms with E-state index in [1.165, 1.54) is 0 Å². The zero-order chi connectivity index (χ0) is 11.3. The van der Waals surface area contributed by atoms with Crippen molar-refractivity contribution in [3.8, 4) is 5.75 Å². The Labute approximate surface area is 98.9 Å². The highest BCUT2D eigenvalue weighted by atomic mass is 79.9. The maximum Gasteiger partial charge on any atom is 0.133 e. The fourth-order valence-electron chi connectivity index (χ4n) is 1.42. The molecule has 0 aliphatic carbocycles. The van der Waals surface area contributed by atoms with Crippen LogP contribution in [0, 0.1) is 0 Å². The Hall–Kier alpha value is -0.580. The van der Waals surface area contributed by atoms with Gasteiger partial charge in [0.15, 0.2) is 0 Å². The van der Waals surface area contributed by atoms with E-state index in [0.717, 1.165) is 28.6 Å². The van der Waals surface area contributed by atoms with Crippen molar-refractivity contribution in [2.75, 3.05) is 13.7 Å². The molecule has 0 fully saturated rings. The van der Waals surface area contributed by atoms with Crippen LogP contribution in [-0.4, -0.2) is 13.7 Å². The van der Waals surface area contributed by atoms with Gasteiger partial charge in [-0.15, -0.1) is 0 Å². The van der Waals surface area contributed by atoms with Crippen molar-refractivity contribution in [2.24, 2.45) is 11.5 Å². The van der Waals surface area contributed by atoms with Crippen LogP contribution in [-0.2, 0) is 0 Å². The van der Waals surface area contributed by atoms with Crippen molar-refractivity contribution in [1.29, 1.82) is 0 Å². The lowest BCUT2D eigenvalue weighted by molar-refractivity contribution is 0.411. The molecule has 1 aromatic rings. The van der Waals surface area contributed by atoms with E-state index < -0.39 is 0 Å². The van der Waals surface area contributed by atoms with Gasteiger partial charge in [-0.05, 0) is 53.0 Å². The molecule has 3 nitrogen and oxygen atoms in total. The SMILES string of the molecule is COc1ccc([C@H](N)CCCN)cc1Br. The maximum atomic E-state index is 6.02. The summed E-state index contributed by atoms with van der Waals surface area (Å²) >= 11 is 3.44. The smallest absolute Gasteiger partial charge is 0.133 e. The Balaban J connectivity index is 2.73. The third-order valence-electron chi connectivity index (χ3n) is 2.32. The first-order chi connectivity index (χ1) is 7.19. The second-order valence-electron chi connectivity index (χ2n) is 3.43. The van der Waals surface area contributed by atoms with E-state index >= 15 is 0 Å². The monoisotopic (exact) mass is 272 g/mol. The minimum atomic E-state index is 0.0516. The van der Waals surface area contributed by atoms with Gasteiger partial charge >= 0.3 is 0 Å². The summed E-state index contributed by atoms with van der Waals surface area (Å²) in [5.41, 5.74) is 12.6. The Bertz CT molecular complexity index is 317. The Morgan fingerprint density at radius 1 is 1.47 bits per heavy atom. The molecule has 0 bridgehead atoms. The molecule has 0 unspecified atom stereocenters. The second-order valence-corrected chi connectivity index (χ2v) is 4.29. The summed E-state index contributed by atoms with van der Waals surface area (Å²) in [6.45, 7) is 0.686. The summed E-state index contributed by atoms with van der Waals surface area (Å²) in [6, 6.07) is 5.96. The molecule has 0 heterocycles. The fraction of sp³-hybridized carbons (Fsp3) is 0.455. The number of hydrogen-bond donors (Lipinski definition) is 2. The van der Waals surface area contributed by atoms with Crippen molar-refractivity contribution in [2.45, 2.75) is 18.9 Å². The van der Waals surface area contributed by atoms with Crippen LogP contribution in [0.15, 0.2) is 22.7 Å². The molecular weight excluding hydrogens is 256 g/mol. The predicted octanol–water partition coefficient (Wildman–Crippen LogP) is 2.20. The fourth-order valence-corrected chi connectivity index (χ4v) is 1.98. The average molecular weight is 273 g/mol. The van der Waals surface area contributed by atoms with Gasteiger partial charge in [0.1, 0.15) is 5.75 Å². The molecule has 15 heavy (non-hydrogen) atoms. The van der Waals surface area contributed by atoms with Crippen LogP contribution < -0.4 is 16.2 Å². The molecule has 0 aliphatic rings. The normalized spacial score (nSPS) is 12.5. The second kappa shape index (κ2) is 6.10. The molecule has 0 radical (unpaired) electrons. The van der Waals surface area contributed by atoms with Crippen LogP contribution >= 0.6 is 15.9 Å². The topological polar surface area (TPSA) is 61.3 Å². The van der Waals surface area contributed by atoms with Crippen LogP contribution in [0.25, 0.3) is 0 Å². The zero-order valence-corrected chi connectivity index (χ0v) is 10.5. The molecule has 1 atom stereocenters. The summed E-state index contributed by atoms with van der Waals surface area (Å²) < 4.78 is 6.09. The number of hydrogen-bond acceptors (Lipinski definition) is 3. The van der Waals surface area contributed by atoms with Gasteiger partial charge in [-0.1, -0.05) is 6.07 Å². The number of halogens is 1. The zero-order valence-electron chi connectivity index (χ0n) is 8.87. The van der Waals surface area contributed by atoms with Crippen LogP contribution in [0.2, 0.25) is 0 Å². The third kappa shape index (κ3) is 3.48. The van der Waals surface area contributed by atoms with E-state index in [1.54, 1.807) is 7.11 Å². The molecule has 4 heteroatoms. The highest BCUT2D eigenvalue weighted by molar-refractivity contribution is 9.10. The standard InChI is InChI=1S/C11H17BrN2O/c1-15-11-5-4-8(7-9(11)12)10(14)3-2-6-13/h4-5,7,10H,2-3,6,13-14H2,1H3/t10-/m1/s1. The molecule has 0 amide bonds. The van der Waals surface area contributed by atoms with Gasteiger partial charge in [0.25, 0.3) is 0 Å². The summed E-state index contributed by atoms with van der Waals surface area (Å²) in [6.07, 6.45) is 1.86. The molecule has 0 saturated carbocycles. The molecule has 0 spiro atoms. The van der Waals surface area contributed by atoms with Gasteiger partial charge in [0, 0.05) is 6.04 Å². The summed E-state index contributed by atoms with van der Waals surface area (Å²) in [4.78, 5) is 0. The molecule has 4 N–H and O–H groups in total. The average Bonchev–Trinajstić information content (AvgIpc) is 2.25. The number of ether oxygens (including phenoxy) is 1. The Morgan fingerprint density at radius 2 is 2.20 bits per heavy atom. The van der Waals surface area contributed by atoms with Crippen LogP contribution in [0.4, 0.5) is 0 Å². The number of nitrogens with two attached hydrogens (primary N) is 2. The van der Waals surface area contributed by atoms with Gasteiger partial charge in [0.2, 0.25) is 0 Å². The minimum absolute atomic E-state index is 0.0516. The van der Waals surface area contributed by atoms with Crippen molar-refractivity contribution in [1.82, 2.24) is 0 Å².